The molecule has 4 heterocycles. The summed E-state index contributed by atoms with van der Waals surface area (Å²) in [5.41, 5.74) is 2.97. The summed E-state index contributed by atoms with van der Waals surface area (Å²) in [6.45, 7) is 8.83. The second-order valence-electron chi connectivity index (χ2n) is 7.96. The molecule has 7 nitrogen and oxygen atoms in total. The minimum Gasteiger partial charge on any atom is -0.508 e. The van der Waals surface area contributed by atoms with Gasteiger partial charge in [0.1, 0.15) is 17.3 Å². The molecule has 0 spiro atoms. The van der Waals surface area contributed by atoms with Crippen LogP contribution in [0.4, 0.5) is 10.9 Å². The first-order chi connectivity index (χ1) is 15.7. The quantitative estimate of drug-likeness (QED) is 0.518. The molecule has 2 aromatic heterocycles. The van der Waals surface area contributed by atoms with E-state index in [0.717, 1.165) is 49.8 Å². The van der Waals surface area contributed by atoms with Gasteiger partial charge in [0.2, 0.25) is 5.13 Å². The van der Waals surface area contributed by atoms with E-state index in [0.29, 0.717) is 16.8 Å². The molecule has 8 heteroatoms. The van der Waals surface area contributed by atoms with Gasteiger partial charge < -0.3 is 20.6 Å². The van der Waals surface area contributed by atoms with Crippen LogP contribution in [0.1, 0.15) is 30.7 Å². The van der Waals surface area contributed by atoms with Crippen molar-refractivity contribution in [2.24, 2.45) is 4.99 Å². The van der Waals surface area contributed by atoms with Crippen molar-refractivity contribution in [2.75, 3.05) is 37.7 Å². The van der Waals surface area contributed by atoms with Crippen LogP contribution in [0, 0.1) is 0 Å². The maximum absolute atomic E-state index is 9.51. The van der Waals surface area contributed by atoms with Crippen molar-refractivity contribution in [1.82, 2.24) is 20.6 Å². The molecule has 1 aromatic carbocycles. The summed E-state index contributed by atoms with van der Waals surface area (Å²) in [6, 6.07) is 13.6. The summed E-state index contributed by atoms with van der Waals surface area (Å²) < 4.78 is 0. The minimum atomic E-state index is 0.312. The van der Waals surface area contributed by atoms with Crippen LogP contribution in [-0.2, 0) is 0 Å². The second kappa shape index (κ2) is 11.2. The van der Waals surface area contributed by atoms with Gasteiger partial charge in [-0.3, -0.25) is 0 Å². The molecule has 2 aliphatic rings. The van der Waals surface area contributed by atoms with Crippen LogP contribution in [0.25, 0.3) is 11.4 Å². The van der Waals surface area contributed by atoms with Gasteiger partial charge in [0.05, 0.1) is 5.69 Å². The highest BCUT2D eigenvalue weighted by Gasteiger charge is 2.22. The molecule has 0 bridgehead atoms. The number of nitrogens with one attached hydrogen (secondary N) is 2. The summed E-state index contributed by atoms with van der Waals surface area (Å²) in [5.74, 6) is 1.74. The van der Waals surface area contributed by atoms with Crippen molar-refractivity contribution in [3.8, 4) is 17.1 Å². The number of aliphatic imine (C=N–C) groups is 1. The maximum atomic E-state index is 9.51. The van der Waals surface area contributed by atoms with Crippen molar-refractivity contribution in [1.29, 1.82) is 0 Å². The van der Waals surface area contributed by atoms with Gasteiger partial charge in [0, 0.05) is 31.1 Å². The molecule has 1 unspecified atom stereocenters. The molecule has 0 radical (unpaired) electrons. The van der Waals surface area contributed by atoms with Crippen LogP contribution in [-0.4, -0.2) is 54.6 Å². The van der Waals surface area contributed by atoms with Crippen LogP contribution >= 0.6 is 11.3 Å². The van der Waals surface area contributed by atoms with Gasteiger partial charge >= 0.3 is 0 Å². The van der Waals surface area contributed by atoms with Crippen molar-refractivity contribution in [2.45, 2.75) is 25.2 Å². The molecular formula is C24H30N6OS. The number of hydrogen-bond acceptors (Lipinski definition) is 8. The zero-order valence-electron chi connectivity index (χ0n) is 18.2. The molecule has 32 heavy (non-hydrogen) atoms. The van der Waals surface area contributed by atoms with E-state index in [1.807, 2.05) is 29.6 Å². The van der Waals surface area contributed by atoms with Gasteiger partial charge in [-0.1, -0.05) is 18.2 Å². The number of aromatic hydroxyl groups is 1. The molecule has 0 amide bonds. The smallest absolute Gasteiger partial charge is 0.209 e. The average Bonchev–Trinajstić information content (AvgIpc) is 3.36. The molecule has 2 saturated heterocycles. The van der Waals surface area contributed by atoms with Gasteiger partial charge in [-0.25, -0.2) is 15.0 Å². The van der Waals surface area contributed by atoms with Crippen LogP contribution in [0.5, 0.6) is 5.75 Å². The zero-order chi connectivity index (χ0) is 22.2. The Balaban J connectivity index is 0.000000354. The summed E-state index contributed by atoms with van der Waals surface area (Å²) in [5, 5.41) is 18.5. The summed E-state index contributed by atoms with van der Waals surface area (Å²) in [4.78, 5) is 15.5. The normalized spacial score (nSPS) is 18.5. The van der Waals surface area contributed by atoms with Crippen molar-refractivity contribution >= 4 is 29.0 Å². The number of phenolic OH excluding ortho intramolecular Hbond substituents is 1. The number of hydrogen-bond donors (Lipinski definition) is 3. The Morgan fingerprint density at radius 3 is 2.50 bits per heavy atom. The first-order valence-electron chi connectivity index (χ1n) is 11.1. The Labute approximate surface area is 193 Å². The van der Waals surface area contributed by atoms with Crippen LogP contribution in [0.2, 0.25) is 0 Å². The Morgan fingerprint density at radius 2 is 1.84 bits per heavy atom. The van der Waals surface area contributed by atoms with Gasteiger partial charge in [-0.15, -0.1) is 11.3 Å². The molecule has 3 aromatic rings. The van der Waals surface area contributed by atoms with Crippen LogP contribution in [0.15, 0.2) is 52.8 Å². The lowest BCUT2D eigenvalue weighted by Crippen LogP contribution is -2.37. The van der Waals surface area contributed by atoms with E-state index < -0.39 is 0 Å². The van der Waals surface area contributed by atoms with Gasteiger partial charge in [0.25, 0.3) is 0 Å². The number of anilines is 1. The lowest BCUT2D eigenvalue weighted by Gasteiger charge is -2.34. The molecule has 2 aliphatic heterocycles. The fourth-order valence-electron chi connectivity index (χ4n) is 4.00. The molecule has 168 valence electrons. The van der Waals surface area contributed by atoms with Gasteiger partial charge in [-0.2, -0.15) is 0 Å². The summed E-state index contributed by atoms with van der Waals surface area (Å²) in [6.07, 6.45) is 3.56. The molecule has 3 N–H and O–H groups in total. The Morgan fingerprint density at radius 1 is 1.03 bits per heavy atom. The standard InChI is InChI=1S/C20H20N4OS.C4H10N2/c1-21-20-23-18(13-26-20)17-5-2-6-19(22-17)24-11-3-4-15(12-24)14-7-9-16(25)10-8-14;1-2-5-4-6-3-1/h2,5-10,13,15,25H,1,3-4,11-12H2;5-6H,1-4H2. The molecule has 2 fully saturated rings. The number of nitrogens with zero attached hydrogens (tertiary/aromatic N) is 4. The van der Waals surface area contributed by atoms with Gasteiger partial charge in [-0.05, 0) is 68.9 Å². The predicted molar refractivity (Wildman–Crippen MR) is 132 cm³/mol. The highest BCUT2D eigenvalue weighted by molar-refractivity contribution is 7.13. The van der Waals surface area contributed by atoms with E-state index in [4.69, 9.17) is 4.98 Å². The van der Waals surface area contributed by atoms with E-state index in [-0.39, 0.29) is 0 Å². The lowest BCUT2D eigenvalue weighted by atomic mass is 9.90. The van der Waals surface area contributed by atoms with Gasteiger partial charge in [0.15, 0.2) is 0 Å². The number of pyridine rings is 1. The largest absolute Gasteiger partial charge is 0.508 e. The molecule has 5 rings (SSSR count). The number of phenols is 1. The van der Waals surface area contributed by atoms with Crippen LogP contribution in [0.3, 0.4) is 0 Å². The van der Waals surface area contributed by atoms with Crippen molar-refractivity contribution < 1.29 is 5.11 Å². The number of benzene rings is 1. The highest BCUT2D eigenvalue weighted by Crippen LogP contribution is 2.31. The maximum Gasteiger partial charge on any atom is 0.209 e. The second-order valence-corrected chi connectivity index (χ2v) is 8.80. The van der Waals surface area contributed by atoms with E-state index >= 15 is 0 Å². The Bertz CT molecular complexity index is 990. The highest BCUT2D eigenvalue weighted by atomic mass is 32.1. The predicted octanol–water partition coefficient (Wildman–Crippen LogP) is 4.15. The average molecular weight is 451 g/mol. The third-order valence-electron chi connectivity index (χ3n) is 5.69. The molecule has 1 atom stereocenters. The van der Waals surface area contributed by atoms with Crippen molar-refractivity contribution in [3.05, 3.63) is 53.4 Å². The monoisotopic (exact) mass is 450 g/mol. The summed E-state index contributed by atoms with van der Waals surface area (Å²) in [7, 11) is 0. The first-order valence-corrected chi connectivity index (χ1v) is 12.0. The number of aromatic nitrogens is 2. The molecule has 0 aliphatic carbocycles. The zero-order valence-corrected chi connectivity index (χ0v) is 19.0. The third kappa shape index (κ3) is 5.91. The first kappa shape index (κ1) is 22.4. The number of piperidine rings is 1. The molecule has 0 saturated carbocycles. The fourth-order valence-corrected chi connectivity index (χ4v) is 4.62. The SMILES string of the molecule is C1CNCNC1.C=Nc1nc(-c2cccc(N3CCCC(c4ccc(O)cc4)C3)n2)cs1. The Kier molecular flexibility index (Phi) is 7.82. The Hall–Kier alpha value is -2.81. The number of rotatable bonds is 4. The topological polar surface area (TPSA) is 85.7 Å². The molecular weight excluding hydrogens is 420 g/mol. The third-order valence-corrected chi connectivity index (χ3v) is 6.46. The lowest BCUT2D eigenvalue weighted by molar-refractivity contribution is 0.473. The van der Waals surface area contributed by atoms with Crippen molar-refractivity contribution in [3.63, 3.8) is 0 Å². The number of thiazole rings is 1. The minimum absolute atomic E-state index is 0.312. The van der Waals surface area contributed by atoms with E-state index in [9.17, 15) is 5.11 Å². The van der Waals surface area contributed by atoms with E-state index in [1.54, 1.807) is 12.1 Å². The summed E-state index contributed by atoms with van der Waals surface area (Å²) >= 11 is 1.47. The fraction of sp³-hybridized carbons (Fsp3) is 0.375. The van der Waals surface area contributed by atoms with Crippen LogP contribution < -0.4 is 15.5 Å². The van der Waals surface area contributed by atoms with E-state index in [2.05, 4.69) is 38.3 Å². The van der Waals surface area contributed by atoms with E-state index in [1.165, 1.54) is 36.4 Å².